The zero-order valence-electron chi connectivity index (χ0n) is 21.9. The Bertz CT molecular complexity index is 664. The van der Waals surface area contributed by atoms with Crippen molar-refractivity contribution in [2.24, 2.45) is 11.8 Å². The molecule has 0 saturated heterocycles. The molecule has 0 aromatic carbocycles. The van der Waals surface area contributed by atoms with Gasteiger partial charge < -0.3 is 43.5 Å². The highest BCUT2D eigenvalue weighted by atomic mass is 16.6. The number of hydrogen-bond donors (Lipinski definition) is 2. The van der Waals surface area contributed by atoms with Gasteiger partial charge in [-0.1, -0.05) is 0 Å². The molecule has 0 aromatic rings. The SMILES string of the molecule is COCC(CO)COC(=O)CCN(CCC(=O)OCC(COCO)COC(C)=O)C(=O)OC(C)(C)C. The van der Waals surface area contributed by atoms with Crippen LogP contribution in [0.5, 0.6) is 0 Å². The van der Waals surface area contributed by atoms with E-state index >= 15 is 0 Å². The molecule has 210 valence electrons. The zero-order valence-corrected chi connectivity index (χ0v) is 21.9. The third-order valence-electron chi connectivity index (χ3n) is 4.41. The molecule has 0 rings (SSSR count). The summed E-state index contributed by atoms with van der Waals surface area (Å²) in [6.07, 6.45) is -1.04. The Morgan fingerprint density at radius 2 is 1.33 bits per heavy atom. The topological polar surface area (TPSA) is 167 Å². The highest BCUT2D eigenvalue weighted by molar-refractivity contribution is 5.73. The largest absolute Gasteiger partial charge is 0.465 e. The Hall–Kier alpha value is -2.48. The quantitative estimate of drug-likeness (QED) is 0.145. The number of amides is 1. The lowest BCUT2D eigenvalue weighted by atomic mass is 10.2. The number of ether oxygens (including phenoxy) is 6. The van der Waals surface area contributed by atoms with E-state index in [4.69, 9.17) is 33.5 Å². The molecule has 2 atom stereocenters. The first-order valence-corrected chi connectivity index (χ1v) is 11.6. The van der Waals surface area contributed by atoms with Gasteiger partial charge in [0.1, 0.15) is 12.4 Å². The summed E-state index contributed by atoms with van der Waals surface area (Å²) < 4.78 is 30.4. The summed E-state index contributed by atoms with van der Waals surface area (Å²) in [6, 6.07) is 0. The Morgan fingerprint density at radius 1 is 0.806 bits per heavy atom. The molecule has 13 nitrogen and oxygen atoms in total. The Labute approximate surface area is 211 Å². The van der Waals surface area contributed by atoms with Gasteiger partial charge in [0.2, 0.25) is 0 Å². The normalized spacial score (nSPS) is 12.9. The van der Waals surface area contributed by atoms with Crippen molar-refractivity contribution in [2.45, 2.75) is 46.1 Å². The first kappa shape index (κ1) is 33.5. The number of aliphatic hydroxyl groups excluding tert-OH is 2. The standard InChI is InChI=1S/C23H41NO12/c1-17(27)33-14-19(12-32-16-26)15-35-21(29)7-9-24(22(30)36-23(2,3)4)8-6-20(28)34-13-18(10-25)11-31-5/h18-19,25-26H,6-16H2,1-5H3. The maximum absolute atomic E-state index is 12.6. The molecule has 2 unspecified atom stereocenters. The van der Waals surface area contributed by atoms with E-state index in [1.165, 1.54) is 18.9 Å². The lowest BCUT2D eigenvalue weighted by molar-refractivity contribution is -0.150. The molecule has 0 aliphatic rings. The van der Waals surface area contributed by atoms with Crippen LogP contribution in [0.25, 0.3) is 0 Å². The van der Waals surface area contributed by atoms with E-state index in [1.807, 2.05) is 0 Å². The fourth-order valence-corrected chi connectivity index (χ4v) is 2.63. The van der Waals surface area contributed by atoms with Gasteiger partial charge >= 0.3 is 24.0 Å². The van der Waals surface area contributed by atoms with Gasteiger partial charge in [0, 0.05) is 33.0 Å². The average Bonchev–Trinajstić information content (AvgIpc) is 2.79. The molecule has 36 heavy (non-hydrogen) atoms. The molecular weight excluding hydrogens is 482 g/mol. The van der Waals surface area contributed by atoms with Crippen LogP contribution < -0.4 is 0 Å². The molecule has 13 heteroatoms. The minimum absolute atomic E-state index is 0.00469. The number of aliphatic hydroxyl groups is 2. The van der Waals surface area contributed by atoms with Crippen LogP contribution in [0.15, 0.2) is 0 Å². The molecule has 1 amide bonds. The Kier molecular flexibility index (Phi) is 17.5. The van der Waals surface area contributed by atoms with Crippen molar-refractivity contribution < 1.29 is 57.8 Å². The van der Waals surface area contributed by atoms with Crippen LogP contribution in [0.1, 0.15) is 40.5 Å². The number of methoxy groups -OCH3 is 1. The number of nitrogens with zero attached hydrogens (tertiary/aromatic N) is 1. The summed E-state index contributed by atoms with van der Waals surface area (Å²) in [5, 5.41) is 18.0. The Balaban J connectivity index is 4.85. The molecule has 0 aromatic heterocycles. The predicted molar refractivity (Wildman–Crippen MR) is 125 cm³/mol. The molecule has 0 heterocycles. The second-order valence-corrected chi connectivity index (χ2v) is 9.01. The fraction of sp³-hybridized carbons (Fsp3) is 0.826. The van der Waals surface area contributed by atoms with E-state index in [0.29, 0.717) is 0 Å². The Morgan fingerprint density at radius 3 is 1.78 bits per heavy atom. The van der Waals surface area contributed by atoms with Crippen LogP contribution in [-0.2, 0) is 42.8 Å². The van der Waals surface area contributed by atoms with Crippen molar-refractivity contribution in [3.8, 4) is 0 Å². The molecule has 0 saturated carbocycles. The summed E-state index contributed by atoms with van der Waals surface area (Å²) in [5.74, 6) is -2.57. The van der Waals surface area contributed by atoms with Gasteiger partial charge in [-0.05, 0) is 20.8 Å². The molecule has 2 N–H and O–H groups in total. The number of carbonyl (C=O) groups excluding carboxylic acids is 4. The van der Waals surface area contributed by atoms with Gasteiger partial charge in [-0.15, -0.1) is 0 Å². The zero-order chi connectivity index (χ0) is 27.6. The van der Waals surface area contributed by atoms with E-state index in [-0.39, 0.29) is 71.5 Å². The third kappa shape index (κ3) is 17.9. The average molecular weight is 524 g/mol. The van der Waals surface area contributed by atoms with Gasteiger partial charge in [0.05, 0.1) is 58.4 Å². The van der Waals surface area contributed by atoms with Crippen molar-refractivity contribution >= 4 is 24.0 Å². The van der Waals surface area contributed by atoms with Crippen molar-refractivity contribution in [1.29, 1.82) is 0 Å². The van der Waals surface area contributed by atoms with Gasteiger partial charge in [-0.2, -0.15) is 0 Å². The summed E-state index contributed by atoms with van der Waals surface area (Å²) in [5.41, 5.74) is -0.790. The van der Waals surface area contributed by atoms with Crippen molar-refractivity contribution in [3.05, 3.63) is 0 Å². The van der Waals surface area contributed by atoms with Gasteiger partial charge in [0.15, 0.2) is 0 Å². The second-order valence-electron chi connectivity index (χ2n) is 9.01. The molecule has 0 fully saturated rings. The minimum atomic E-state index is -0.790. The van der Waals surface area contributed by atoms with Crippen LogP contribution >= 0.6 is 0 Å². The summed E-state index contributed by atoms with van der Waals surface area (Å²) in [6.45, 7) is 5.43. The predicted octanol–water partition coefficient (Wildman–Crippen LogP) is 0.491. The number of rotatable bonds is 18. The third-order valence-corrected chi connectivity index (χ3v) is 4.41. The summed E-state index contributed by atoms with van der Waals surface area (Å²) >= 11 is 0. The van der Waals surface area contributed by atoms with Gasteiger partial charge in [-0.25, -0.2) is 4.79 Å². The van der Waals surface area contributed by atoms with Crippen LogP contribution in [-0.4, -0.2) is 111 Å². The fourth-order valence-electron chi connectivity index (χ4n) is 2.63. The maximum Gasteiger partial charge on any atom is 0.410 e. The van der Waals surface area contributed by atoms with E-state index in [1.54, 1.807) is 20.8 Å². The molecular formula is C23H41NO12. The molecule has 0 bridgehead atoms. The molecule has 0 spiro atoms. The molecule has 0 aliphatic carbocycles. The number of esters is 3. The van der Waals surface area contributed by atoms with Crippen molar-refractivity contribution in [1.82, 2.24) is 4.90 Å². The summed E-state index contributed by atoms with van der Waals surface area (Å²) in [4.78, 5) is 49.2. The van der Waals surface area contributed by atoms with E-state index in [0.717, 1.165) is 0 Å². The smallest absolute Gasteiger partial charge is 0.410 e. The number of hydrogen-bond acceptors (Lipinski definition) is 12. The van der Waals surface area contributed by atoms with Crippen molar-refractivity contribution in [3.63, 3.8) is 0 Å². The molecule has 0 aliphatic heterocycles. The van der Waals surface area contributed by atoms with Gasteiger partial charge in [0.25, 0.3) is 0 Å². The van der Waals surface area contributed by atoms with Crippen LogP contribution in [0.3, 0.4) is 0 Å². The van der Waals surface area contributed by atoms with Crippen molar-refractivity contribution in [2.75, 3.05) is 66.6 Å². The van der Waals surface area contributed by atoms with Crippen LogP contribution in [0.2, 0.25) is 0 Å². The highest BCUT2D eigenvalue weighted by Crippen LogP contribution is 2.12. The monoisotopic (exact) mass is 523 g/mol. The first-order chi connectivity index (χ1) is 16.9. The minimum Gasteiger partial charge on any atom is -0.465 e. The maximum atomic E-state index is 12.6. The lowest BCUT2D eigenvalue weighted by Crippen LogP contribution is -2.39. The van der Waals surface area contributed by atoms with E-state index in [9.17, 15) is 24.3 Å². The molecule has 0 radical (unpaired) electrons. The van der Waals surface area contributed by atoms with E-state index < -0.39 is 42.3 Å². The van der Waals surface area contributed by atoms with E-state index in [2.05, 4.69) is 0 Å². The van der Waals surface area contributed by atoms with Gasteiger partial charge in [-0.3, -0.25) is 14.4 Å². The summed E-state index contributed by atoms with van der Waals surface area (Å²) in [7, 11) is 1.47. The number of carbonyl (C=O) groups is 4. The second kappa shape index (κ2) is 18.7. The lowest BCUT2D eigenvalue weighted by Gasteiger charge is -2.27. The van der Waals surface area contributed by atoms with Crippen LogP contribution in [0.4, 0.5) is 4.79 Å². The first-order valence-electron chi connectivity index (χ1n) is 11.6. The highest BCUT2D eigenvalue weighted by Gasteiger charge is 2.24. The van der Waals surface area contributed by atoms with Crippen LogP contribution in [0, 0.1) is 11.8 Å².